The van der Waals surface area contributed by atoms with Crippen molar-refractivity contribution in [2.24, 2.45) is 0 Å². The highest BCUT2D eigenvalue weighted by molar-refractivity contribution is 9.10. The molecule has 0 atom stereocenters. The van der Waals surface area contributed by atoms with Gasteiger partial charge in [-0.1, -0.05) is 33.6 Å². The number of anilines is 1. The summed E-state index contributed by atoms with van der Waals surface area (Å²) in [6.45, 7) is 0. The number of nitrogens with zero attached hydrogens (tertiary/aromatic N) is 1. The maximum Gasteiger partial charge on any atom is 0.0894 e. The van der Waals surface area contributed by atoms with E-state index in [4.69, 9.17) is 17.3 Å². The zero-order chi connectivity index (χ0) is 10.1. The van der Waals surface area contributed by atoms with Crippen molar-refractivity contribution in [3.05, 3.63) is 33.9 Å². The third kappa shape index (κ3) is 1.63. The molecule has 2 rings (SSSR count). The van der Waals surface area contributed by atoms with Crippen molar-refractivity contribution in [2.75, 3.05) is 5.73 Å². The van der Waals surface area contributed by atoms with Gasteiger partial charge in [0.05, 0.1) is 22.6 Å². The highest BCUT2D eigenvalue weighted by Crippen LogP contribution is 2.31. The normalized spacial score (nSPS) is 10.4. The lowest BCUT2D eigenvalue weighted by Gasteiger charge is -2.02. The fourth-order valence-electron chi connectivity index (χ4n) is 1.20. The number of hydrogen-bond acceptors (Lipinski definition) is 2. The molecule has 0 aliphatic rings. The number of benzene rings is 1. The van der Waals surface area contributed by atoms with Gasteiger partial charge in [0, 0.05) is 10.0 Å². The summed E-state index contributed by atoms with van der Waals surface area (Å²) in [5.41, 5.74) is 7.91. The van der Waals surface area contributed by atoms with Gasteiger partial charge in [0.25, 0.3) is 0 Å². The van der Waals surface area contributed by atoms with Crippen LogP contribution in [-0.2, 0) is 0 Å². The monoisotopic (exact) mass is 271 g/mol. The molecule has 5 heteroatoms. The maximum atomic E-state index is 6.06. The predicted octanol–water partition coefficient (Wildman–Crippen LogP) is 3.07. The molecule has 0 fully saturated rings. The molecule has 0 unspecified atom stereocenters. The quantitative estimate of drug-likeness (QED) is 0.838. The predicted molar refractivity (Wildman–Crippen MR) is 61.1 cm³/mol. The Morgan fingerprint density at radius 1 is 1.43 bits per heavy atom. The van der Waals surface area contributed by atoms with E-state index in [0.717, 1.165) is 15.7 Å². The molecule has 0 spiro atoms. The fourth-order valence-corrected chi connectivity index (χ4v) is 1.97. The third-order valence-electron chi connectivity index (χ3n) is 1.87. The molecule has 14 heavy (non-hydrogen) atoms. The molecule has 0 aliphatic heterocycles. The molecule has 2 aromatic rings. The van der Waals surface area contributed by atoms with Gasteiger partial charge in [-0.05, 0) is 12.1 Å². The average Bonchev–Trinajstić information content (AvgIpc) is 2.52. The number of hydrogen-bond donors (Lipinski definition) is 2. The Hall–Kier alpha value is -1.000. The SMILES string of the molecule is Nc1cn[nH]c1-c1ccc(Br)cc1Cl. The van der Waals surface area contributed by atoms with Crippen molar-refractivity contribution in [3.8, 4) is 11.3 Å². The van der Waals surface area contributed by atoms with Crippen molar-refractivity contribution in [3.63, 3.8) is 0 Å². The van der Waals surface area contributed by atoms with Crippen molar-refractivity contribution < 1.29 is 0 Å². The Labute approximate surface area is 94.4 Å². The van der Waals surface area contributed by atoms with E-state index in [-0.39, 0.29) is 0 Å². The van der Waals surface area contributed by atoms with Crippen LogP contribution >= 0.6 is 27.5 Å². The molecule has 3 nitrogen and oxygen atoms in total. The number of aromatic amines is 1. The summed E-state index contributed by atoms with van der Waals surface area (Å²) < 4.78 is 0.935. The first-order valence-corrected chi connectivity index (χ1v) is 5.10. The van der Waals surface area contributed by atoms with Gasteiger partial charge in [0.1, 0.15) is 0 Å². The molecule has 0 aliphatic carbocycles. The second-order valence-corrected chi connectivity index (χ2v) is 4.15. The van der Waals surface area contributed by atoms with Crippen LogP contribution in [0.25, 0.3) is 11.3 Å². The summed E-state index contributed by atoms with van der Waals surface area (Å²) in [7, 11) is 0. The first kappa shape index (κ1) is 9.55. The lowest BCUT2D eigenvalue weighted by atomic mass is 10.1. The summed E-state index contributed by atoms with van der Waals surface area (Å²) in [5.74, 6) is 0. The number of nitrogens with one attached hydrogen (secondary N) is 1. The summed E-state index contributed by atoms with van der Waals surface area (Å²) in [4.78, 5) is 0. The smallest absolute Gasteiger partial charge is 0.0894 e. The van der Waals surface area contributed by atoms with Gasteiger partial charge in [-0.25, -0.2) is 0 Å². The van der Waals surface area contributed by atoms with Crippen LogP contribution in [0.15, 0.2) is 28.9 Å². The largest absolute Gasteiger partial charge is 0.396 e. The Kier molecular flexibility index (Phi) is 2.48. The summed E-state index contributed by atoms with van der Waals surface area (Å²) in [5, 5.41) is 7.28. The number of nitrogens with two attached hydrogens (primary N) is 1. The minimum atomic E-state index is 0.592. The van der Waals surface area contributed by atoms with E-state index in [1.165, 1.54) is 0 Å². The van der Waals surface area contributed by atoms with E-state index in [9.17, 15) is 0 Å². The lowest BCUT2D eigenvalue weighted by molar-refractivity contribution is 1.10. The highest BCUT2D eigenvalue weighted by Gasteiger charge is 2.08. The first-order valence-electron chi connectivity index (χ1n) is 3.93. The molecule has 0 radical (unpaired) electrons. The van der Waals surface area contributed by atoms with Crippen LogP contribution in [0, 0.1) is 0 Å². The third-order valence-corrected chi connectivity index (χ3v) is 2.68. The fraction of sp³-hybridized carbons (Fsp3) is 0. The van der Waals surface area contributed by atoms with Gasteiger partial charge in [-0.2, -0.15) is 5.10 Å². The van der Waals surface area contributed by atoms with Gasteiger partial charge >= 0.3 is 0 Å². The average molecular weight is 273 g/mol. The van der Waals surface area contributed by atoms with Crippen LogP contribution in [0.1, 0.15) is 0 Å². The number of nitrogen functional groups attached to an aromatic ring is 1. The van der Waals surface area contributed by atoms with Crippen molar-refractivity contribution in [1.82, 2.24) is 10.2 Å². The Morgan fingerprint density at radius 3 is 2.79 bits per heavy atom. The van der Waals surface area contributed by atoms with Crippen LogP contribution in [0.3, 0.4) is 0 Å². The van der Waals surface area contributed by atoms with Crippen LogP contribution in [0.2, 0.25) is 5.02 Å². The van der Waals surface area contributed by atoms with E-state index in [1.54, 1.807) is 6.20 Å². The molecule has 72 valence electrons. The van der Waals surface area contributed by atoms with Crippen molar-refractivity contribution in [2.45, 2.75) is 0 Å². The van der Waals surface area contributed by atoms with Gasteiger partial charge < -0.3 is 5.73 Å². The van der Waals surface area contributed by atoms with Crippen molar-refractivity contribution >= 4 is 33.2 Å². The summed E-state index contributed by atoms with van der Waals surface area (Å²) in [6, 6.07) is 5.61. The molecule has 1 heterocycles. The number of aromatic nitrogens is 2. The second kappa shape index (κ2) is 3.63. The van der Waals surface area contributed by atoms with E-state index < -0.39 is 0 Å². The van der Waals surface area contributed by atoms with E-state index in [2.05, 4.69) is 26.1 Å². The number of H-pyrrole nitrogens is 1. The van der Waals surface area contributed by atoms with Crippen LogP contribution in [0.5, 0.6) is 0 Å². The topological polar surface area (TPSA) is 54.7 Å². The highest BCUT2D eigenvalue weighted by atomic mass is 79.9. The Morgan fingerprint density at radius 2 is 2.21 bits per heavy atom. The maximum absolute atomic E-state index is 6.06. The van der Waals surface area contributed by atoms with E-state index in [1.807, 2.05) is 18.2 Å². The summed E-state index contributed by atoms with van der Waals surface area (Å²) >= 11 is 9.40. The molecule has 0 saturated heterocycles. The van der Waals surface area contributed by atoms with Crippen LogP contribution in [0.4, 0.5) is 5.69 Å². The van der Waals surface area contributed by atoms with Crippen molar-refractivity contribution in [1.29, 1.82) is 0 Å². The van der Waals surface area contributed by atoms with Crippen LogP contribution < -0.4 is 5.73 Å². The lowest BCUT2D eigenvalue weighted by Crippen LogP contribution is -1.87. The molecular weight excluding hydrogens is 265 g/mol. The molecule has 1 aromatic carbocycles. The standard InChI is InChI=1S/C9H7BrClN3/c10-5-1-2-6(7(11)3-5)9-8(12)4-13-14-9/h1-4H,12H2,(H,13,14). The Bertz CT molecular complexity index is 467. The number of rotatable bonds is 1. The minimum absolute atomic E-state index is 0.592. The minimum Gasteiger partial charge on any atom is -0.396 e. The van der Waals surface area contributed by atoms with E-state index in [0.29, 0.717) is 10.7 Å². The van der Waals surface area contributed by atoms with E-state index >= 15 is 0 Å². The summed E-state index contributed by atoms with van der Waals surface area (Å²) in [6.07, 6.45) is 1.56. The zero-order valence-electron chi connectivity index (χ0n) is 7.09. The molecular formula is C9H7BrClN3. The Balaban J connectivity index is 2.58. The van der Waals surface area contributed by atoms with Gasteiger partial charge in [0.15, 0.2) is 0 Å². The second-order valence-electron chi connectivity index (χ2n) is 2.82. The number of halogens is 2. The molecule has 0 bridgehead atoms. The van der Waals surface area contributed by atoms with Gasteiger partial charge in [0.2, 0.25) is 0 Å². The molecule has 0 amide bonds. The molecule has 0 saturated carbocycles. The van der Waals surface area contributed by atoms with Gasteiger partial charge in [-0.3, -0.25) is 5.10 Å². The zero-order valence-corrected chi connectivity index (χ0v) is 9.43. The van der Waals surface area contributed by atoms with Crippen LogP contribution in [-0.4, -0.2) is 10.2 Å². The van der Waals surface area contributed by atoms with Gasteiger partial charge in [-0.15, -0.1) is 0 Å². The molecule has 1 aromatic heterocycles. The first-order chi connectivity index (χ1) is 6.68. The molecule has 3 N–H and O–H groups in total.